The zero-order valence-electron chi connectivity index (χ0n) is 12.9. The molecular formula is C18H19N3OS. The molecule has 3 rings (SSSR count). The van der Waals surface area contributed by atoms with Crippen molar-refractivity contribution in [2.45, 2.75) is 19.6 Å². The van der Waals surface area contributed by atoms with Crippen molar-refractivity contribution in [2.24, 2.45) is 0 Å². The van der Waals surface area contributed by atoms with E-state index in [4.69, 9.17) is 0 Å². The van der Waals surface area contributed by atoms with Gasteiger partial charge in [-0.1, -0.05) is 35.9 Å². The Balaban J connectivity index is 1.53. The molecule has 4 nitrogen and oxygen atoms in total. The summed E-state index contributed by atoms with van der Waals surface area (Å²) in [5, 5.41) is 14.4. The highest BCUT2D eigenvalue weighted by Gasteiger charge is 2.08. The van der Waals surface area contributed by atoms with Gasteiger partial charge in [0.25, 0.3) is 0 Å². The molecule has 118 valence electrons. The molecule has 3 aromatic rings. The van der Waals surface area contributed by atoms with Gasteiger partial charge in [0.05, 0.1) is 11.8 Å². The number of aliphatic hydroxyl groups excluding tert-OH is 1. The minimum Gasteiger partial charge on any atom is -0.387 e. The van der Waals surface area contributed by atoms with Crippen molar-refractivity contribution in [3.63, 3.8) is 0 Å². The molecule has 0 saturated heterocycles. The summed E-state index contributed by atoms with van der Waals surface area (Å²) in [6.07, 6.45) is 3.13. The van der Waals surface area contributed by atoms with Gasteiger partial charge in [0.15, 0.2) is 0 Å². The summed E-state index contributed by atoms with van der Waals surface area (Å²) in [4.78, 5) is 9.84. The average Bonchev–Trinajstić information content (AvgIpc) is 3.05. The number of nitrogens with zero attached hydrogens (tertiary/aromatic N) is 2. The number of benzene rings is 1. The number of aromatic nitrogens is 2. The molecule has 0 aliphatic heterocycles. The van der Waals surface area contributed by atoms with Crippen LogP contribution in [-0.2, 0) is 6.54 Å². The van der Waals surface area contributed by atoms with E-state index < -0.39 is 6.10 Å². The van der Waals surface area contributed by atoms with Crippen molar-refractivity contribution < 1.29 is 5.11 Å². The normalized spacial score (nSPS) is 12.3. The predicted octanol–water partition coefficient (Wildman–Crippen LogP) is 3.34. The van der Waals surface area contributed by atoms with E-state index in [1.807, 2.05) is 55.6 Å². The topological polar surface area (TPSA) is 58.0 Å². The first kappa shape index (κ1) is 15.8. The summed E-state index contributed by atoms with van der Waals surface area (Å²) in [7, 11) is 0. The van der Waals surface area contributed by atoms with Crippen LogP contribution in [0.4, 0.5) is 0 Å². The molecule has 0 amide bonds. The number of pyridine rings is 1. The summed E-state index contributed by atoms with van der Waals surface area (Å²) in [5.41, 5.74) is 3.02. The third kappa shape index (κ3) is 4.22. The van der Waals surface area contributed by atoms with E-state index in [2.05, 4.69) is 15.3 Å². The van der Waals surface area contributed by atoms with E-state index in [0.717, 1.165) is 21.1 Å². The maximum Gasteiger partial charge on any atom is 0.142 e. The van der Waals surface area contributed by atoms with Crippen LogP contribution < -0.4 is 5.32 Å². The Labute approximate surface area is 139 Å². The fourth-order valence-electron chi connectivity index (χ4n) is 2.24. The SMILES string of the molecule is Cc1ccc(C(O)CNCc2cnc(-c3ccccn3)s2)cc1. The van der Waals surface area contributed by atoms with Gasteiger partial charge in [-0.05, 0) is 24.6 Å². The molecule has 2 aromatic heterocycles. The van der Waals surface area contributed by atoms with Crippen LogP contribution in [0.1, 0.15) is 22.1 Å². The maximum absolute atomic E-state index is 10.2. The van der Waals surface area contributed by atoms with Gasteiger partial charge >= 0.3 is 0 Å². The van der Waals surface area contributed by atoms with Crippen LogP contribution in [0, 0.1) is 6.92 Å². The second-order valence-corrected chi connectivity index (χ2v) is 6.52. The quantitative estimate of drug-likeness (QED) is 0.730. The van der Waals surface area contributed by atoms with E-state index in [-0.39, 0.29) is 0 Å². The van der Waals surface area contributed by atoms with Gasteiger partial charge in [0.1, 0.15) is 5.01 Å². The minimum atomic E-state index is -0.501. The molecule has 23 heavy (non-hydrogen) atoms. The smallest absolute Gasteiger partial charge is 0.142 e. The third-order valence-corrected chi connectivity index (χ3v) is 4.56. The molecule has 1 unspecified atom stereocenters. The van der Waals surface area contributed by atoms with Crippen molar-refractivity contribution in [1.29, 1.82) is 0 Å². The van der Waals surface area contributed by atoms with Crippen LogP contribution in [0.5, 0.6) is 0 Å². The van der Waals surface area contributed by atoms with Crippen LogP contribution in [0.3, 0.4) is 0 Å². The molecular weight excluding hydrogens is 306 g/mol. The first-order valence-corrected chi connectivity index (χ1v) is 8.35. The molecule has 2 N–H and O–H groups in total. The first-order valence-electron chi connectivity index (χ1n) is 7.54. The van der Waals surface area contributed by atoms with E-state index in [1.165, 1.54) is 5.56 Å². The standard InChI is InChI=1S/C18H19N3OS/c1-13-5-7-14(8-6-13)17(22)12-19-10-15-11-21-18(23-15)16-4-2-3-9-20-16/h2-9,11,17,19,22H,10,12H2,1H3. The zero-order valence-corrected chi connectivity index (χ0v) is 13.8. The van der Waals surface area contributed by atoms with Gasteiger partial charge in [0, 0.05) is 30.4 Å². The number of thiazole rings is 1. The second kappa shape index (κ2) is 7.46. The molecule has 2 heterocycles. The molecule has 0 saturated carbocycles. The summed E-state index contributed by atoms with van der Waals surface area (Å²) in [5.74, 6) is 0. The Bertz CT molecular complexity index is 740. The van der Waals surface area contributed by atoms with Crippen LogP contribution >= 0.6 is 11.3 Å². The molecule has 5 heteroatoms. The Morgan fingerprint density at radius 1 is 1.13 bits per heavy atom. The van der Waals surface area contributed by atoms with Crippen molar-refractivity contribution in [2.75, 3.05) is 6.54 Å². The molecule has 1 aromatic carbocycles. The van der Waals surface area contributed by atoms with Crippen LogP contribution in [0.2, 0.25) is 0 Å². The molecule has 0 radical (unpaired) electrons. The highest BCUT2D eigenvalue weighted by atomic mass is 32.1. The van der Waals surface area contributed by atoms with Gasteiger partial charge in [-0.15, -0.1) is 11.3 Å². The Morgan fingerprint density at radius 2 is 1.96 bits per heavy atom. The Kier molecular flexibility index (Phi) is 5.12. The fourth-order valence-corrected chi connectivity index (χ4v) is 3.09. The highest BCUT2D eigenvalue weighted by molar-refractivity contribution is 7.14. The third-order valence-electron chi connectivity index (χ3n) is 3.54. The average molecular weight is 325 g/mol. The number of hydrogen-bond acceptors (Lipinski definition) is 5. The van der Waals surface area contributed by atoms with Crippen LogP contribution in [-0.4, -0.2) is 21.6 Å². The summed E-state index contributed by atoms with van der Waals surface area (Å²) < 4.78 is 0. The fraction of sp³-hybridized carbons (Fsp3) is 0.222. The lowest BCUT2D eigenvalue weighted by Gasteiger charge is -2.11. The van der Waals surface area contributed by atoms with Crippen molar-refractivity contribution >= 4 is 11.3 Å². The molecule has 0 fully saturated rings. The lowest BCUT2D eigenvalue weighted by atomic mass is 10.1. The lowest BCUT2D eigenvalue weighted by Crippen LogP contribution is -2.20. The van der Waals surface area contributed by atoms with Crippen LogP contribution in [0.25, 0.3) is 10.7 Å². The molecule has 1 atom stereocenters. The molecule has 0 spiro atoms. The number of nitrogens with one attached hydrogen (secondary N) is 1. The van der Waals surface area contributed by atoms with Crippen molar-refractivity contribution in [1.82, 2.24) is 15.3 Å². The lowest BCUT2D eigenvalue weighted by molar-refractivity contribution is 0.174. The zero-order chi connectivity index (χ0) is 16.1. The van der Waals surface area contributed by atoms with Crippen LogP contribution in [0.15, 0.2) is 54.9 Å². The number of aliphatic hydroxyl groups is 1. The number of hydrogen-bond donors (Lipinski definition) is 2. The number of aryl methyl sites for hydroxylation is 1. The summed E-state index contributed by atoms with van der Waals surface area (Å²) >= 11 is 1.62. The minimum absolute atomic E-state index is 0.501. The van der Waals surface area contributed by atoms with Crippen molar-refractivity contribution in [3.05, 3.63) is 70.9 Å². The molecule has 0 aliphatic rings. The van der Waals surface area contributed by atoms with E-state index >= 15 is 0 Å². The van der Waals surface area contributed by atoms with Gasteiger partial charge in [-0.25, -0.2) is 4.98 Å². The summed E-state index contributed by atoms with van der Waals surface area (Å²) in [6.45, 7) is 3.24. The van der Waals surface area contributed by atoms with E-state index in [9.17, 15) is 5.11 Å². The van der Waals surface area contributed by atoms with Gasteiger partial charge in [-0.2, -0.15) is 0 Å². The van der Waals surface area contributed by atoms with Gasteiger partial charge < -0.3 is 10.4 Å². The Morgan fingerprint density at radius 3 is 2.70 bits per heavy atom. The highest BCUT2D eigenvalue weighted by Crippen LogP contribution is 2.23. The number of rotatable bonds is 6. The first-order chi connectivity index (χ1) is 11.2. The van der Waals surface area contributed by atoms with Gasteiger partial charge in [-0.3, -0.25) is 4.98 Å². The second-order valence-electron chi connectivity index (χ2n) is 5.40. The largest absolute Gasteiger partial charge is 0.387 e. The van der Waals surface area contributed by atoms with Crippen molar-refractivity contribution in [3.8, 4) is 10.7 Å². The maximum atomic E-state index is 10.2. The molecule has 0 aliphatic carbocycles. The molecule has 0 bridgehead atoms. The van der Waals surface area contributed by atoms with E-state index in [1.54, 1.807) is 17.5 Å². The van der Waals surface area contributed by atoms with E-state index in [0.29, 0.717) is 13.1 Å². The van der Waals surface area contributed by atoms with Gasteiger partial charge in [0.2, 0.25) is 0 Å². The predicted molar refractivity (Wildman–Crippen MR) is 93.2 cm³/mol. The summed E-state index contributed by atoms with van der Waals surface area (Å²) in [6, 6.07) is 13.8. The monoisotopic (exact) mass is 325 g/mol. The Hall–Kier alpha value is -2.08.